The first-order valence-corrected chi connectivity index (χ1v) is 6.81. The lowest BCUT2D eigenvalue weighted by Crippen LogP contribution is -2.50. The monoisotopic (exact) mass is 288 g/mol. The van der Waals surface area contributed by atoms with Crippen LogP contribution in [0.25, 0.3) is 11.0 Å². The van der Waals surface area contributed by atoms with Crippen molar-refractivity contribution in [2.24, 2.45) is 0 Å². The Kier molecular flexibility index (Phi) is 3.29. The van der Waals surface area contributed by atoms with Crippen LogP contribution in [-0.2, 0) is 4.79 Å². The zero-order valence-electron chi connectivity index (χ0n) is 11.7. The van der Waals surface area contributed by atoms with Crippen LogP contribution in [0.15, 0.2) is 28.9 Å². The first-order chi connectivity index (χ1) is 10.1. The molecule has 0 atom stereocenters. The second-order valence-corrected chi connectivity index (χ2v) is 5.13. The van der Waals surface area contributed by atoms with Crippen LogP contribution < -0.4 is 0 Å². The average Bonchev–Trinajstić information content (AvgIpc) is 2.89. The van der Waals surface area contributed by atoms with Crippen LogP contribution in [0.4, 0.5) is 0 Å². The summed E-state index contributed by atoms with van der Waals surface area (Å²) >= 11 is 0. The molecule has 6 nitrogen and oxygen atoms in total. The predicted octanol–water partition coefficient (Wildman–Crippen LogP) is 1.44. The molecule has 1 aromatic heterocycles. The number of fused-ring (bicyclic) bond motifs is 1. The van der Waals surface area contributed by atoms with Crippen LogP contribution in [0.5, 0.6) is 5.75 Å². The van der Waals surface area contributed by atoms with E-state index in [0.717, 1.165) is 0 Å². The highest BCUT2D eigenvalue weighted by molar-refractivity contribution is 6.06. The molecular formula is C15H16N2O4. The molecule has 1 aliphatic rings. The Balaban J connectivity index is 1.80. The van der Waals surface area contributed by atoms with Gasteiger partial charge in [-0.2, -0.15) is 0 Å². The fourth-order valence-corrected chi connectivity index (χ4v) is 2.58. The van der Waals surface area contributed by atoms with Crippen LogP contribution in [0, 0.1) is 0 Å². The van der Waals surface area contributed by atoms with E-state index in [2.05, 4.69) is 0 Å². The lowest BCUT2D eigenvalue weighted by molar-refractivity contribution is -0.130. The minimum Gasteiger partial charge on any atom is -0.508 e. The number of furan rings is 1. The number of hydrogen-bond donors (Lipinski definition) is 1. The van der Waals surface area contributed by atoms with Crippen molar-refractivity contribution < 1.29 is 19.1 Å². The molecule has 1 aliphatic heterocycles. The number of phenols is 1. The summed E-state index contributed by atoms with van der Waals surface area (Å²) in [5, 5.41) is 10.1. The summed E-state index contributed by atoms with van der Waals surface area (Å²) in [6.45, 7) is 3.68. The van der Waals surface area contributed by atoms with E-state index in [9.17, 15) is 14.7 Å². The van der Waals surface area contributed by atoms with Crippen LogP contribution in [0.3, 0.4) is 0 Å². The Bertz CT molecular complexity index is 699. The van der Waals surface area contributed by atoms with Gasteiger partial charge >= 0.3 is 0 Å². The minimum atomic E-state index is -0.109. The van der Waals surface area contributed by atoms with Gasteiger partial charge in [-0.25, -0.2) is 0 Å². The first kappa shape index (κ1) is 13.5. The van der Waals surface area contributed by atoms with E-state index in [0.29, 0.717) is 42.7 Å². The molecule has 6 heteroatoms. The number of piperazine rings is 1. The zero-order chi connectivity index (χ0) is 15.0. The van der Waals surface area contributed by atoms with E-state index in [1.54, 1.807) is 15.9 Å². The number of phenolic OH excluding ortho intramolecular Hbond substituents is 1. The molecule has 0 radical (unpaired) electrons. The Morgan fingerprint density at radius 1 is 1.14 bits per heavy atom. The number of aromatic hydroxyl groups is 1. The third-order valence-corrected chi connectivity index (χ3v) is 3.80. The minimum absolute atomic E-state index is 0.0336. The third-order valence-electron chi connectivity index (χ3n) is 3.80. The number of hydrogen-bond acceptors (Lipinski definition) is 4. The summed E-state index contributed by atoms with van der Waals surface area (Å²) in [5.74, 6) is 0.0277. The second-order valence-electron chi connectivity index (χ2n) is 5.13. The van der Waals surface area contributed by atoms with E-state index in [4.69, 9.17) is 4.42 Å². The van der Waals surface area contributed by atoms with Gasteiger partial charge in [0, 0.05) is 44.6 Å². The second kappa shape index (κ2) is 5.12. The number of amides is 2. The van der Waals surface area contributed by atoms with Gasteiger partial charge in [0.05, 0.1) is 5.56 Å². The summed E-state index contributed by atoms with van der Waals surface area (Å²) < 4.78 is 5.33. The summed E-state index contributed by atoms with van der Waals surface area (Å²) in [7, 11) is 0. The predicted molar refractivity (Wildman–Crippen MR) is 76.0 cm³/mol. The molecule has 2 heterocycles. The van der Waals surface area contributed by atoms with Crippen LogP contribution in [0.2, 0.25) is 0 Å². The molecule has 0 unspecified atom stereocenters. The molecule has 0 bridgehead atoms. The highest BCUT2D eigenvalue weighted by Gasteiger charge is 2.25. The highest BCUT2D eigenvalue weighted by Crippen LogP contribution is 2.26. The Morgan fingerprint density at radius 2 is 1.81 bits per heavy atom. The standard InChI is InChI=1S/C15H16N2O4/c1-10(18)16-4-6-17(7-5-16)15(20)13-9-21-14-8-11(19)2-3-12(13)14/h2-3,8-9,19H,4-7H2,1H3. The topological polar surface area (TPSA) is 74.0 Å². The summed E-state index contributed by atoms with van der Waals surface area (Å²) in [6, 6.07) is 4.69. The van der Waals surface area contributed by atoms with Gasteiger partial charge in [0.2, 0.25) is 5.91 Å². The molecule has 1 saturated heterocycles. The largest absolute Gasteiger partial charge is 0.508 e. The summed E-state index contributed by atoms with van der Waals surface area (Å²) in [6.07, 6.45) is 1.42. The highest BCUT2D eigenvalue weighted by atomic mass is 16.3. The van der Waals surface area contributed by atoms with Gasteiger partial charge in [-0.3, -0.25) is 9.59 Å². The van der Waals surface area contributed by atoms with Crippen molar-refractivity contribution in [1.82, 2.24) is 9.80 Å². The fraction of sp³-hybridized carbons (Fsp3) is 0.333. The van der Waals surface area contributed by atoms with Crippen LogP contribution in [0.1, 0.15) is 17.3 Å². The van der Waals surface area contributed by atoms with Gasteiger partial charge in [-0.05, 0) is 12.1 Å². The fourth-order valence-electron chi connectivity index (χ4n) is 2.58. The van der Waals surface area contributed by atoms with Crippen molar-refractivity contribution in [2.75, 3.05) is 26.2 Å². The smallest absolute Gasteiger partial charge is 0.257 e. The van der Waals surface area contributed by atoms with Crippen LogP contribution >= 0.6 is 0 Å². The van der Waals surface area contributed by atoms with Gasteiger partial charge in [0.15, 0.2) is 0 Å². The maximum atomic E-state index is 12.5. The van der Waals surface area contributed by atoms with Gasteiger partial charge in [-0.15, -0.1) is 0 Å². The molecule has 2 amide bonds. The summed E-state index contributed by atoms with van der Waals surface area (Å²) in [4.78, 5) is 27.3. The first-order valence-electron chi connectivity index (χ1n) is 6.81. The van der Waals surface area contributed by atoms with E-state index < -0.39 is 0 Å². The van der Waals surface area contributed by atoms with E-state index in [1.165, 1.54) is 25.3 Å². The molecule has 1 N–H and O–H groups in total. The van der Waals surface area contributed by atoms with Crippen molar-refractivity contribution >= 4 is 22.8 Å². The molecule has 1 aromatic carbocycles. The van der Waals surface area contributed by atoms with Crippen molar-refractivity contribution in [2.45, 2.75) is 6.92 Å². The van der Waals surface area contributed by atoms with E-state index in [1.807, 2.05) is 0 Å². The lowest BCUT2D eigenvalue weighted by atomic mass is 10.1. The summed E-state index contributed by atoms with van der Waals surface area (Å²) in [5.41, 5.74) is 0.974. The maximum Gasteiger partial charge on any atom is 0.257 e. The number of carbonyl (C=O) groups excluding carboxylic acids is 2. The molecule has 21 heavy (non-hydrogen) atoms. The zero-order valence-corrected chi connectivity index (χ0v) is 11.7. The number of nitrogens with zero attached hydrogens (tertiary/aromatic N) is 2. The average molecular weight is 288 g/mol. The van der Waals surface area contributed by atoms with E-state index in [-0.39, 0.29) is 17.6 Å². The molecule has 2 aromatic rings. The maximum absolute atomic E-state index is 12.5. The number of rotatable bonds is 1. The Morgan fingerprint density at radius 3 is 2.48 bits per heavy atom. The number of carbonyl (C=O) groups is 2. The quantitative estimate of drug-likeness (QED) is 0.861. The Hall–Kier alpha value is -2.50. The van der Waals surface area contributed by atoms with E-state index >= 15 is 0 Å². The lowest BCUT2D eigenvalue weighted by Gasteiger charge is -2.34. The van der Waals surface area contributed by atoms with Crippen molar-refractivity contribution in [3.63, 3.8) is 0 Å². The van der Waals surface area contributed by atoms with Crippen molar-refractivity contribution in [3.8, 4) is 5.75 Å². The van der Waals surface area contributed by atoms with Crippen molar-refractivity contribution in [1.29, 1.82) is 0 Å². The van der Waals surface area contributed by atoms with Crippen LogP contribution in [-0.4, -0.2) is 52.9 Å². The molecule has 1 fully saturated rings. The molecule has 3 rings (SSSR count). The Labute approximate surface area is 121 Å². The van der Waals surface area contributed by atoms with Gasteiger partial charge in [0.1, 0.15) is 17.6 Å². The molecule has 0 aliphatic carbocycles. The van der Waals surface area contributed by atoms with Gasteiger partial charge < -0.3 is 19.3 Å². The SMILES string of the molecule is CC(=O)N1CCN(C(=O)c2coc3cc(O)ccc23)CC1. The third kappa shape index (κ3) is 2.44. The normalized spacial score (nSPS) is 15.5. The van der Waals surface area contributed by atoms with Gasteiger partial charge in [-0.1, -0.05) is 0 Å². The van der Waals surface area contributed by atoms with Crippen molar-refractivity contribution in [3.05, 3.63) is 30.0 Å². The molecular weight excluding hydrogens is 272 g/mol. The molecule has 110 valence electrons. The molecule has 0 saturated carbocycles. The molecule has 0 spiro atoms. The van der Waals surface area contributed by atoms with Gasteiger partial charge in [0.25, 0.3) is 5.91 Å². The number of benzene rings is 1.